The molecule has 6 heterocycles. The lowest BCUT2D eigenvalue weighted by molar-refractivity contribution is -0.137. The molecule has 117 heavy (non-hydrogen) atoms. The second-order valence-electron chi connectivity index (χ2n) is 31.0. The van der Waals surface area contributed by atoms with E-state index in [1.54, 1.807) is 39.8 Å². The molecule has 6 aromatic carbocycles. The highest BCUT2D eigenvalue weighted by Gasteiger charge is 2.34. The molecule has 2 saturated carbocycles. The minimum atomic E-state index is -3.28. The van der Waals surface area contributed by atoms with Crippen molar-refractivity contribution in [1.29, 1.82) is 0 Å². The van der Waals surface area contributed by atoms with Crippen molar-refractivity contribution in [2.75, 3.05) is 117 Å². The Kier molecular flexibility index (Phi) is 29.0. The molecule has 6 N–H and O–H groups in total. The number of nitrogens with one attached hydrogen (secondary N) is 2. The number of rotatable bonds is 30. The van der Waals surface area contributed by atoms with E-state index in [2.05, 4.69) is 62.9 Å². The van der Waals surface area contributed by atoms with Crippen LogP contribution < -0.4 is 45.4 Å². The molecule has 6 aliphatic rings. The number of amides is 4. The van der Waals surface area contributed by atoms with Gasteiger partial charge in [-0.05, 0) is 208 Å². The number of sulfonamides is 2. The van der Waals surface area contributed by atoms with E-state index in [-0.39, 0.29) is 61.4 Å². The highest BCUT2D eigenvalue weighted by atomic mass is 32.2. The molecule has 6 fully saturated rings. The van der Waals surface area contributed by atoms with Crippen LogP contribution in [0.15, 0.2) is 159 Å². The number of aromatic carboxylic acids is 1. The number of aromatic nitrogens is 2. The summed E-state index contributed by atoms with van der Waals surface area (Å²) in [5.41, 5.74) is 18.3. The summed E-state index contributed by atoms with van der Waals surface area (Å²) >= 11 is 0. The first-order chi connectivity index (χ1) is 56.4. The van der Waals surface area contributed by atoms with E-state index in [1.165, 1.54) is 33.1 Å². The third kappa shape index (κ3) is 21.1. The summed E-state index contributed by atoms with van der Waals surface area (Å²) in [5, 5.41) is 27.7. The van der Waals surface area contributed by atoms with Crippen LogP contribution in [0.4, 0.5) is 22.7 Å². The van der Waals surface area contributed by atoms with Crippen LogP contribution >= 0.6 is 0 Å². The topological polar surface area (TPSA) is 309 Å². The van der Waals surface area contributed by atoms with Gasteiger partial charge in [0.2, 0.25) is 37.8 Å². The fraction of sp³-hybridized carbons (Fsp3) is 0.422. The van der Waals surface area contributed by atoms with Gasteiger partial charge in [0.1, 0.15) is 37.8 Å². The zero-order valence-corrected chi connectivity index (χ0v) is 69.0. The number of carbonyl (C=O) groups is 6. The van der Waals surface area contributed by atoms with Gasteiger partial charge in [0.15, 0.2) is 0 Å². The van der Waals surface area contributed by atoms with Crippen molar-refractivity contribution < 1.29 is 65.3 Å². The number of carboxylic acid groups (broad SMARTS) is 2. The first-order valence-corrected chi connectivity index (χ1v) is 44.7. The third-order valence-electron chi connectivity index (χ3n) is 23.1. The van der Waals surface area contributed by atoms with E-state index < -0.39 is 32.0 Å². The lowest BCUT2D eigenvalue weighted by atomic mass is 9.81. The summed E-state index contributed by atoms with van der Waals surface area (Å²) in [5.74, 6) is -0.372. The molecule has 0 bridgehead atoms. The fourth-order valence-corrected chi connectivity index (χ4v) is 18.8. The van der Waals surface area contributed by atoms with Crippen molar-refractivity contribution >= 4 is 100 Å². The number of carboxylic acids is 2. The minimum Gasteiger partial charge on any atom is -0.489 e. The normalized spacial score (nSPS) is 16.6. The Balaban J connectivity index is 0.000000205. The molecule has 622 valence electrons. The highest BCUT2D eigenvalue weighted by molar-refractivity contribution is 7.88. The van der Waals surface area contributed by atoms with Crippen molar-refractivity contribution in [2.45, 2.75) is 147 Å². The number of anilines is 4. The van der Waals surface area contributed by atoms with Crippen molar-refractivity contribution in [2.24, 2.45) is 5.73 Å². The first kappa shape index (κ1) is 85.8. The zero-order valence-electron chi connectivity index (χ0n) is 67.4. The van der Waals surface area contributed by atoms with Crippen molar-refractivity contribution in [3.63, 3.8) is 0 Å². The predicted molar refractivity (Wildman–Crippen MR) is 462 cm³/mol. The summed E-state index contributed by atoms with van der Waals surface area (Å²) in [6, 6.07) is 38.4. The molecule has 27 heteroatoms. The minimum absolute atomic E-state index is 0.0871. The number of fused-ring (bicyclic) bond motifs is 2. The molecular formula is C90H111N11O14S2. The number of benzene rings is 6. The smallest absolute Gasteiger partial charge is 0.335 e. The maximum atomic E-state index is 13.6. The van der Waals surface area contributed by atoms with Gasteiger partial charge in [-0.1, -0.05) is 68.9 Å². The van der Waals surface area contributed by atoms with Gasteiger partial charge in [-0.25, -0.2) is 21.6 Å². The van der Waals surface area contributed by atoms with Gasteiger partial charge in [-0.15, -0.1) is 19.7 Å². The first-order valence-electron chi connectivity index (χ1n) is 41.0. The van der Waals surface area contributed by atoms with Gasteiger partial charge in [0, 0.05) is 142 Å². The molecule has 2 aromatic heterocycles. The average molecular weight is 1640 g/mol. The Labute approximate surface area is 686 Å². The summed E-state index contributed by atoms with van der Waals surface area (Å²) in [4.78, 5) is 84.3. The van der Waals surface area contributed by atoms with Gasteiger partial charge in [-0.3, -0.25) is 24.0 Å². The fourth-order valence-electron chi connectivity index (χ4n) is 17.2. The molecule has 0 atom stereocenters. The maximum Gasteiger partial charge on any atom is 0.335 e. The van der Waals surface area contributed by atoms with Gasteiger partial charge >= 0.3 is 11.9 Å². The Morgan fingerprint density at radius 3 is 1.30 bits per heavy atom. The van der Waals surface area contributed by atoms with Crippen LogP contribution in [0.25, 0.3) is 44.3 Å². The zero-order chi connectivity index (χ0) is 82.9. The molecule has 4 saturated heterocycles. The second kappa shape index (κ2) is 39.6. The lowest BCUT2D eigenvalue weighted by Crippen LogP contribution is -2.48. The average Bonchev–Trinajstić information content (AvgIpc) is 1.59. The molecule has 8 aromatic rings. The summed E-state index contributed by atoms with van der Waals surface area (Å²) in [6.07, 6.45) is 23.6. The Hall–Kier alpha value is -10.6. The molecule has 2 aliphatic carbocycles. The number of carbonyl (C=O) groups excluding carboxylic acids is 4. The van der Waals surface area contributed by atoms with Crippen LogP contribution in [0.5, 0.6) is 11.5 Å². The molecule has 4 amide bonds. The molecule has 25 nitrogen and oxygen atoms in total. The Bertz CT molecular complexity index is 5170. The standard InChI is InChI=1S/C47H58N6O6S.C39H44N4O8S.C4H9N/c1-4-6-23-48-43(54)32-53-42-31-36(47(56)49-24-7-5-2)17-21-40(42)45(34-12-9-8-10-13-34)46(53)35-15-19-39(20-16-35)59-33-37-30-38(52-25-11-14-44(52)55)18-22-41(37)50-26-28-51(29-27-50)60(3,57)58;1-52(49,50)41-20-18-40(19-21-41)33-16-12-30(42-17-5-8-35(42)44)22-29(33)25-51-31-13-9-27(10-14-31)38-37(26-6-3-2-4-7-26)32-15-11-28(39(47)48)23-34(32)43(38)24-36(45)46;1-2-3-4-5/h4-5,15-22,30-31,34H,1-2,6-14,23-29,32-33H2,3H3,(H,48,54)(H,49,56);9-16,22-23,26H,2-8,17-21,24-25H2,1H3,(H,45,46)(H,47,48);2H,1,3-5H2. The highest BCUT2D eigenvalue weighted by Crippen LogP contribution is 2.47. The molecule has 0 radical (unpaired) electrons. The third-order valence-corrected chi connectivity index (χ3v) is 25.7. The second-order valence-corrected chi connectivity index (χ2v) is 35.0. The molecule has 14 rings (SSSR count). The van der Waals surface area contributed by atoms with Crippen LogP contribution in [-0.4, -0.2) is 178 Å². The van der Waals surface area contributed by atoms with Crippen LogP contribution in [0.2, 0.25) is 0 Å². The molecule has 0 unspecified atom stereocenters. The molecular weight excluding hydrogens is 1520 g/mol. The monoisotopic (exact) mass is 1630 g/mol. The maximum absolute atomic E-state index is 13.6. The van der Waals surface area contributed by atoms with E-state index in [0.717, 1.165) is 162 Å². The number of piperazine rings is 2. The van der Waals surface area contributed by atoms with E-state index in [1.807, 2.05) is 95.9 Å². The number of hydrogen-bond donors (Lipinski definition) is 5. The van der Waals surface area contributed by atoms with Gasteiger partial charge < -0.3 is 64.8 Å². The van der Waals surface area contributed by atoms with Gasteiger partial charge in [0.25, 0.3) is 5.91 Å². The predicted octanol–water partition coefficient (Wildman–Crippen LogP) is 13.6. The van der Waals surface area contributed by atoms with E-state index in [0.29, 0.717) is 133 Å². The van der Waals surface area contributed by atoms with Gasteiger partial charge in [-0.2, -0.15) is 8.61 Å². The van der Waals surface area contributed by atoms with Crippen LogP contribution in [0, 0.1) is 0 Å². The van der Waals surface area contributed by atoms with Gasteiger partial charge in [0.05, 0.1) is 40.5 Å². The molecule has 0 spiro atoms. The van der Waals surface area contributed by atoms with E-state index in [9.17, 15) is 55.8 Å². The molecule has 4 aliphatic heterocycles. The largest absolute Gasteiger partial charge is 0.489 e. The quantitative estimate of drug-likeness (QED) is 0.0206. The van der Waals surface area contributed by atoms with Crippen LogP contribution in [0.1, 0.15) is 164 Å². The number of hydrogen-bond acceptors (Lipinski definition) is 15. The number of nitrogens with two attached hydrogens (primary N) is 1. The van der Waals surface area contributed by atoms with Crippen LogP contribution in [-0.2, 0) is 65.5 Å². The van der Waals surface area contributed by atoms with Crippen molar-refractivity contribution in [3.8, 4) is 34.0 Å². The SMILES string of the molecule is C=CCCN.C=CCCNC(=O)Cn1c(-c2ccc(OCc3cc(N4CCCC4=O)ccc3N3CCN(S(C)(=O)=O)CC3)cc2)c(C2CCCCC2)c2ccc(C(=O)NCCC=C)cc21.CS(=O)(=O)N1CCN(c2ccc(N3CCCC3=O)cc2COc2ccc(-c3c(C4CCCCC4)c4ccc(C(=O)O)cc4n3CC(=O)O)cc2)CC1. The number of aliphatic carboxylic acids is 1. The van der Waals surface area contributed by atoms with Crippen molar-refractivity contribution in [3.05, 3.63) is 193 Å². The van der Waals surface area contributed by atoms with Crippen LogP contribution in [0.3, 0.4) is 0 Å². The van der Waals surface area contributed by atoms with E-state index >= 15 is 0 Å². The van der Waals surface area contributed by atoms with E-state index in [4.69, 9.17) is 15.2 Å². The lowest BCUT2D eigenvalue weighted by Gasteiger charge is -2.36. The summed E-state index contributed by atoms with van der Waals surface area (Å²) in [6.45, 7) is 18.0. The number of nitrogens with zero attached hydrogens (tertiary/aromatic N) is 8. The van der Waals surface area contributed by atoms with Crippen molar-refractivity contribution in [1.82, 2.24) is 28.4 Å². The Morgan fingerprint density at radius 1 is 0.496 bits per heavy atom. The Morgan fingerprint density at radius 2 is 0.915 bits per heavy atom. The number of ether oxygens (including phenoxy) is 2. The summed E-state index contributed by atoms with van der Waals surface area (Å²) in [7, 11) is -6.56. The summed E-state index contributed by atoms with van der Waals surface area (Å²) < 4.78 is 68.5.